The molecule has 1 heterocycles. The Morgan fingerprint density at radius 3 is 2.65 bits per heavy atom. The summed E-state index contributed by atoms with van der Waals surface area (Å²) in [4.78, 5) is 0. The fourth-order valence-electron chi connectivity index (χ4n) is 3.26. The molecule has 1 aliphatic heterocycles. The largest absolute Gasteiger partial charge is 0.303 e. The summed E-state index contributed by atoms with van der Waals surface area (Å²) < 4.78 is 23.4. The molecule has 0 bridgehead atoms. The quantitative estimate of drug-likeness (QED) is 0.659. The normalized spacial score (nSPS) is 43.5. The number of nitrogens with one attached hydrogen (secondary N) is 1. The van der Waals surface area contributed by atoms with Gasteiger partial charge in [0.15, 0.2) is 0 Å². The first-order valence-corrected chi connectivity index (χ1v) is 7.47. The van der Waals surface area contributed by atoms with Crippen LogP contribution in [0.1, 0.15) is 6.42 Å². The van der Waals surface area contributed by atoms with E-state index in [4.69, 9.17) is 5.14 Å². The van der Waals surface area contributed by atoms with E-state index >= 15 is 0 Å². The molecule has 1 fully saturated rings. The maximum absolute atomic E-state index is 11.7. The molecule has 0 spiro atoms. The summed E-state index contributed by atoms with van der Waals surface area (Å²) in [6, 6.07) is 0.358. The van der Waals surface area contributed by atoms with Crippen LogP contribution >= 0.6 is 0 Å². The summed E-state index contributed by atoms with van der Waals surface area (Å²) >= 11 is 0. The average molecular weight is 252 g/mol. The van der Waals surface area contributed by atoms with Crippen LogP contribution < -0.4 is 10.5 Å². The van der Waals surface area contributed by atoms with Gasteiger partial charge in [-0.1, -0.05) is 36.5 Å². The fraction of sp³-hybridized carbons (Fsp3) is 0.500. The number of primary sulfonamides is 1. The molecule has 0 radical (unpaired) electrons. The van der Waals surface area contributed by atoms with E-state index in [9.17, 15) is 8.42 Å². The highest BCUT2D eigenvalue weighted by Gasteiger charge is 2.48. The number of hydrogen-bond donors (Lipinski definition) is 2. The predicted molar refractivity (Wildman–Crippen MR) is 66.6 cm³/mol. The van der Waals surface area contributed by atoms with Gasteiger partial charge in [0, 0.05) is 23.9 Å². The van der Waals surface area contributed by atoms with Crippen molar-refractivity contribution in [3.05, 3.63) is 36.5 Å². The van der Waals surface area contributed by atoms with Gasteiger partial charge in [0.25, 0.3) is 0 Å². The van der Waals surface area contributed by atoms with E-state index in [0.29, 0.717) is 6.42 Å². The van der Waals surface area contributed by atoms with Gasteiger partial charge < -0.3 is 5.32 Å². The van der Waals surface area contributed by atoms with Gasteiger partial charge in [-0.3, -0.25) is 0 Å². The minimum atomic E-state index is -3.48. The van der Waals surface area contributed by atoms with Crippen molar-refractivity contribution in [2.75, 3.05) is 0 Å². The first-order chi connectivity index (χ1) is 8.07. The molecule has 3 N–H and O–H groups in total. The number of fused-ring (bicyclic) bond motifs is 3. The van der Waals surface area contributed by atoms with E-state index in [1.54, 1.807) is 0 Å². The zero-order chi connectivity index (χ0) is 12.0. The van der Waals surface area contributed by atoms with Crippen molar-refractivity contribution in [3.8, 4) is 0 Å². The summed E-state index contributed by atoms with van der Waals surface area (Å²) in [5.74, 6) is 0.291. The Balaban J connectivity index is 1.99. The topological polar surface area (TPSA) is 72.2 Å². The van der Waals surface area contributed by atoms with E-state index in [-0.39, 0.29) is 23.9 Å². The van der Waals surface area contributed by atoms with Gasteiger partial charge in [-0.25, -0.2) is 13.6 Å². The second-order valence-corrected chi connectivity index (χ2v) is 6.72. The van der Waals surface area contributed by atoms with Gasteiger partial charge in [0.1, 0.15) is 0 Å². The van der Waals surface area contributed by atoms with Crippen LogP contribution in [0.4, 0.5) is 0 Å². The first-order valence-electron chi connectivity index (χ1n) is 5.87. The second-order valence-electron chi connectivity index (χ2n) is 4.93. The molecule has 1 saturated heterocycles. The van der Waals surface area contributed by atoms with Gasteiger partial charge in [-0.15, -0.1) is 0 Å². The molecule has 3 rings (SSSR count). The number of rotatable bonds is 1. The van der Waals surface area contributed by atoms with Crippen LogP contribution in [0.2, 0.25) is 0 Å². The Morgan fingerprint density at radius 2 is 1.88 bits per heavy atom. The van der Waals surface area contributed by atoms with Crippen molar-refractivity contribution in [1.82, 2.24) is 5.32 Å². The molecule has 0 amide bonds. The van der Waals surface area contributed by atoms with Gasteiger partial charge >= 0.3 is 0 Å². The lowest BCUT2D eigenvalue weighted by Crippen LogP contribution is -2.43. The lowest BCUT2D eigenvalue weighted by molar-refractivity contribution is 0.393. The molecule has 2 aliphatic carbocycles. The summed E-state index contributed by atoms with van der Waals surface area (Å²) in [5, 5.41) is 8.35. The van der Waals surface area contributed by atoms with Crippen molar-refractivity contribution in [2.24, 2.45) is 17.0 Å². The van der Waals surface area contributed by atoms with Crippen molar-refractivity contribution >= 4 is 10.0 Å². The highest BCUT2D eigenvalue weighted by Crippen LogP contribution is 2.39. The third-order valence-electron chi connectivity index (χ3n) is 3.98. The fourth-order valence-corrected chi connectivity index (χ4v) is 4.43. The number of nitrogens with two attached hydrogens (primary N) is 1. The van der Waals surface area contributed by atoms with Gasteiger partial charge in [-0.2, -0.15) is 0 Å². The molecule has 92 valence electrons. The Hall–Kier alpha value is -0.910. The Kier molecular flexibility index (Phi) is 2.50. The molecular weight excluding hydrogens is 236 g/mol. The van der Waals surface area contributed by atoms with Crippen LogP contribution in [0.3, 0.4) is 0 Å². The minimum absolute atomic E-state index is 0.0567. The summed E-state index contributed by atoms with van der Waals surface area (Å²) in [7, 11) is -3.48. The maximum Gasteiger partial charge on any atom is 0.212 e. The van der Waals surface area contributed by atoms with E-state index in [1.165, 1.54) is 0 Å². The number of hydrogen-bond acceptors (Lipinski definition) is 3. The monoisotopic (exact) mass is 252 g/mol. The molecule has 4 nitrogen and oxygen atoms in total. The molecule has 5 atom stereocenters. The highest BCUT2D eigenvalue weighted by molar-refractivity contribution is 7.89. The van der Waals surface area contributed by atoms with E-state index in [0.717, 1.165) is 0 Å². The van der Waals surface area contributed by atoms with Crippen LogP contribution in [-0.2, 0) is 10.0 Å². The van der Waals surface area contributed by atoms with Crippen LogP contribution in [0.25, 0.3) is 0 Å². The van der Waals surface area contributed by atoms with E-state index < -0.39 is 15.3 Å². The van der Waals surface area contributed by atoms with Gasteiger partial charge in [0.2, 0.25) is 10.0 Å². The van der Waals surface area contributed by atoms with Crippen LogP contribution in [-0.4, -0.2) is 25.8 Å². The molecule has 5 unspecified atom stereocenters. The van der Waals surface area contributed by atoms with E-state index in [2.05, 4.69) is 23.5 Å². The molecule has 0 saturated carbocycles. The summed E-state index contributed by atoms with van der Waals surface area (Å²) in [6.45, 7) is 0. The maximum atomic E-state index is 11.7. The lowest BCUT2D eigenvalue weighted by atomic mass is 9.79. The van der Waals surface area contributed by atoms with Crippen molar-refractivity contribution in [2.45, 2.75) is 23.8 Å². The van der Waals surface area contributed by atoms with Crippen LogP contribution in [0.15, 0.2) is 36.5 Å². The minimum Gasteiger partial charge on any atom is -0.303 e. The third kappa shape index (κ3) is 1.78. The highest BCUT2D eigenvalue weighted by atomic mass is 32.2. The van der Waals surface area contributed by atoms with Crippen LogP contribution in [0, 0.1) is 11.8 Å². The molecule has 5 heteroatoms. The average Bonchev–Trinajstić information content (AvgIpc) is 2.65. The van der Waals surface area contributed by atoms with E-state index in [1.807, 2.05) is 18.2 Å². The summed E-state index contributed by atoms with van der Waals surface area (Å²) in [6.07, 6.45) is 12.7. The Bertz CT molecular complexity index is 507. The third-order valence-corrected chi connectivity index (χ3v) is 5.34. The standard InChI is InChI=1S/C12H16N2O2S/c13-17(15,16)11-7-3-6-10-12(11)8-4-1-2-5-9(8)14-10/h1-6,8-12,14H,7H2,(H2,13,15,16). The lowest BCUT2D eigenvalue weighted by Gasteiger charge is -2.31. The van der Waals surface area contributed by atoms with Gasteiger partial charge in [-0.05, 0) is 6.42 Å². The second kappa shape index (κ2) is 3.80. The zero-order valence-corrected chi connectivity index (χ0v) is 10.2. The zero-order valence-electron chi connectivity index (χ0n) is 9.36. The number of allylic oxidation sites excluding steroid dienone is 3. The SMILES string of the molecule is NS(=O)(=O)C1CC=CC2NC3C=CC=CC3C21. The Labute approximate surface area is 101 Å². The van der Waals surface area contributed by atoms with Crippen molar-refractivity contribution in [1.29, 1.82) is 0 Å². The van der Waals surface area contributed by atoms with Gasteiger partial charge in [0.05, 0.1) is 5.25 Å². The van der Waals surface area contributed by atoms with Crippen LogP contribution in [0.5, 0.6) is 0 Å². The van der Waals surface area contributed by atoms with Crippen molar-refractivity contribution in [3.63, 3.8) is 0 Å². The molecule has 0 aromatic heterocycles. The predicted octanol–water partition coefficient (Wildman–Crippen LogP) is 0.302. The molecule has 17 heavy (non-hydrogen) atoms. The summed E-state index contributed by atoms with van der Waals surface area (Å²) in [5.41, 5.74) is 0. The molecule has 3 aliphatic rings. The smallest absolute Gasteiger partial charge is 0.212 e. The Morgan fingerprint density at radius 1 is 1.12 bits per heavy atom. The molecule has 0 aromatic rings. The molecular formula is C12H16N2O2S. The number of sulfonamides is 1. The molecule has 0 aromatic carbocycles. The van der Waals surface area contributed by atoms with Crippen molar-refractivity contribution < 1.29 is 8.42 Å². The first kappa shape index (κ1) is 11.2.